The molecule has 8 heteroatoms. The molecule has 0 spiro atoms. The summed E-state index contributed by atoms with van der Waals surface area (Å²) in [7, 11) is 1.61. The van der Waals surface area contributed by atoms with Gasteiger partial charge in [0.15, 0.2) is 0 Å². The molecule has 0 aliphatic rings. The summed E-state index contributed by atoms with van der Waals surface area (Å²) in [6.07, 6.45) is 0.616. The SMILES string of the molecule is COc1ccc(-c2csc3ncn(CC(O)COc4cccc(Br)c4)c(=O)c23)cc1. The van der Waals surface area contributed by atoms with Crippen LogP contribution >= 0.6 is 27.3 Å². The molecule has 0 saturated carbocycles. The highest BCUT2D eigenvalue weighted by Gasteiger charge is 2.15. The van der Waals surface area contributed by atoms with Crippen LogP contribution in [0, 0.1) is 0 Å². The number of aliphatic hydroxyl groups is 1. The molecule has 6 nitrogen and oxygen atoms in total. The Kier molecular flexibility index (Phi) is 6.17. The van der Waals surface area contributed by atoms with E-state index in [0.29, 0.717) is 16.0 Å². The number of thiophene rings is 1. The lowest BCUT2D eigenvalue weighted by molar-refractivity contribution is 0.0914. The van der Waals surface area contributed by atoms with Gasteiger partial charge in [0.1, 0.15) is 29.0 Å². The van der Waals surface area contributed by atoms with Crippen LogP contribution in [0.2, 0.25) is 0 Å². The highest BCUT2D eigenvalue weighted by molar-refractivity contribution is 9.10. The fraction of sp³-hybridized carbons (Fsp3) is 0.182. The van der Waals surface area contributed by atoms with Crippen molar-refractivity contribution in [3.05, 3.63) is 75.1 Å². The first-order valence-electron chi connectivity index (χ1n) is 9.22. The maximum absolute atomic E-state index is 13.1. The topological polar surface area (TPSA) is 73.6 Å². The fourth-order valence-corrected chi connectivity index (χ4v) is 4.39. The Hall–Kier alpha value is -2.68. The van der Waals surface area contributed by atoms with E-state index in [1.807, 2.05) is 53.9 Å². The minimum absolute atomic E-state index is 0.0654. The second-order valence-electron chi connectivity index (χ2n) is 6.68. The van der Waals surface area contributed by atoms with Gasteiger partial charge in [0.2, 0.25) is 0 Å². The van der Waals surface area contributed by atoms with E-state index in [4.69, 9.17) is 9.47 Å². The maximum atomic E-state index is 13.1. The van der Waals surface area contributed by atoms with Crippen molar-refractivity contribution in [3.63, 3.8) is 0 Å². The van der Waals surface area contributed by atoms with Crippen LogP contribution in [0.4, 0.5) is 0 Å². The van der Waals surface area contributed by atoms with Crippen molar-refractivity contribution in [1.29, 1.82) is 0 Å². The van der Waals surface area contributed by atoms with E-state index in [1.165, 1.54) is 22.2 Å². The molecule has 0 saturated heterocycles. The number of aromatic nitrogens is 2. The van der Waals surface area contributed by atoms with Gasteiger partial charge >= 0.3 is 0 Å². The third kappa shape index (κ3) is 4.40. The number of hydrogen-bond donors (Lipinski definition) is 1. The van der Waals surface area contributed by atoms with Gasteiger partial charge in [-0.1, -0.05) is 34.1 Å². The molecule has 0 amide bonds. The van der Waals surface area contributed by atoms with Crippen molar-refractivity contribution < 1.29 is 14.6 Å². The molecule has 2 aromatic carbocycles. The van der Waals surface area contributed by atoms with Crippen LogP contribution in [-0.4, -0.2) is 34.5 Å². The highest BCUT2D eigenvalue weighted by atomic mass is 79.9. The summed E-state index contributed by atoms with van der Waals surface area (Å²) in [6, 6.07) is 14.9. The van der Waals surface area contributed by atoms with Crippen molar-refractivity contribution in [2.75, 3.05) is 13.7 Å². The molecule has 0 bridgehead atoms. The van der Waals surface area contributed by atoms with E-state index < -0.39 is 6.10 Å². The van der Waals surface area contributed by atoms with Gasteiger partial charge in [-0.15, -0.1) is 11.3 Å². The van der Waals surface area contributed by atoms with Gasteiger partial charge in [0, 0.05) is 15.4 Å². The molecule has 2 aromatic heterocycles. The minimum atomic E-state index is -0.857. The number of rotatable bonds is 7. The van der Waals surface area contributed by atoms with E-state index in [-0.39, 0.29) is 18.7 Å². The van der Waals surface area contributed by atoms with Crippen LogP contribution in [0.5, 0.6) is 11.5 Å². The van der Waals surface area contributed by atoms with E-state index in [2.05, 4.69) is 20.9 Å². The van der Waals surface area contributed by atoms with Crippen molar-refractivity contribution >= 4 is 37.5 Å². The molecule has 0 radical (unpaired) electrons. The summed E-state index contributed by atoms with van der Waals surface area (Å²) in [5.41, 5.74) is 1.55. The lowest BCUT2D eigenvalue weighted by Gasteiger charge is -2.14. The van der Waals surface area contributed by atoms with Gasteiger partial charge in [0.25, 0.3) is 5.56 Å². The van der Waals surface area contributed by atoms with Crippen molar-refractivity contribution in [2.45, 2.75) is 12.6 Å². The van der Waals surface area contributed by atoms with Crippen LogP contribution < -0.4 is 15.0 Å². The van der Waals surface area contributed by atoms with E-state index >= 15 is 0 Å². The van der Waals surface area contributed by atoms with E-state index in [1.54, 1.807) is 7.11 Å². The molecule has 1 unspecified atom stereocenters. The van der Waals surface area contributed by atoms with Gasteiger partial charge in [-0.2, -0.15) is 0 Å². The number of benzene rings is 2. The molecule has 0 aliphatic carbocycles. The molecule has 1 atom stereocenters. The minimum Gasteiger partial charge on any atom is -0.497 e. The van der Waals surface area contributed by atoms with Crippen LogP contribution in [0.3, 0.4) is 0 Å². The third-order valence-corrected chi connectivity index (χ3v) is 5.99. The van der Waals surface area contributed by atoms with Crippen LogP contribution in [0.1, 0.15) is 0 Å². The van der Waals surface area contributed by atoms with E-state index in [9.17, 15) is 9.90 Å². The standard InChI is InChI=1S/C22H19BrN2O4S/c1-28-17-7-5-14(6-8-17)19-12-30-21-20(19)22(27)25(13-24-21)10-16(26)11-29-18-4-2-3-15(23)9-18/h2-9,12-13,16,26H,10-11H2,1H3. The fourth-order valence-electron chi connectivity index (χ4n) is 3.11. The average Bonchev–Trinajstić information content (AvgIpc) is 3.19. The highest BCUT2D eigenvalue weighted by Crippen LogP contribution is 2.31. The molecule has 2 heterocycles. The number of ether oxygens (including phenoxy) is 2. The van der Waals surface area contributed by atoms with Gasteiger partial charge in [0.05, 0.1) is 25.4 Å². The van der Waals surface area contributed by atoms with Gasteiger partial charge in [-0.3, -0.25) is 9.36 Å². The predicted molar refractivity (Wildman–Crippen MR) is 122 cm³/mol. The molecule has 0 aliphatic heterocycles. The molecule has 4 rings (SSSR count). The Bertz CT molecular complexity index is 1220. The largest absolute Gasteiger partial charge is 0.497 e. The zero-order valence-electron chi connectivity index (χ0n) is 16.1. The quantitative estimate of drug-likeness (QED) is 0.420. The molecular formula is C22H19BrN2O4S. The number of fused-ring (bicyclic) bond motifs is 1. The Morgan fingerprint density at radius 3 is 2.73 bits per heavy atom. The Labute approximate surface area is 185 Å². The first-order chi connectivity index (χ1) is 14.5. The number of methoxy groups -OCH3 is 1. The summed E-state index contributed by atoms with van der Waals surface area (Å²) in [4.78, 5) is 18.2. The van der Waals surface area contributed by atoms with Gasteiger partial charge < -0.3 is 14.6 Å². The molecule has 30 heavy (non-hydrogen) atoms. The maximum Gasteiger partial charge on any atom is 0.262 e. The van der Waals surface area contributed by atoms with Gasteiger partial charge in [-0.05, 0) is 35.9 Å². The molecule has 1 N–H and O–H groups in total. The smallest absolute Gasteiger partial charge is 0.262 e. The normalized spacial score (nSPS) is 12.1. The number of hydrogen-bond acceptors (Lipinski definition) is 6. The third-order valence-electron chi connectivity index (χ3n) is 4.61. The first-order valence-corrected chi connectivity index (χ1v) is 10.9. The zero-order chi connectivity index (χ0) is 21.1. The molecule has 0 fully saturated rings. The van der Waals surface area contributed by atoms with Crippen LogP contribution in [-0.2, 0) is 6.54 Å². The van der Waals surface area contributed by atoms with Gasteiger partial charge in [-0.25, -0.2) is 4.98 Å². The summed E-state index contributed by atoms with van der Waals surface area (Å²) in [5, 5.41) is 12.9. The summed E-state index contributed by atoms with van der Waals surface area (Å²) >= 11 is 4.81. The molecule has 4 aromatic rings. The predicted octanol–water partition coefficient (Wildman–Crippen LogP) is 4.34. The van der Waals surface area contributed by atoms with Crippen molar-refractivity contribution in [3.8, 4) is 22.6 Å². The monoisotopic (exact) mass is 486 g/mol. The lowest BCUT2D eigenvalue weighted by atomic mass is 10.1. The lowest BCUT2D eigenvalue weighted by Crippen LogP contribution is -2.30. The molecular weight excluding hydrogens is 468 g/mol. The zero-order valence-corrected chi connectivity index (χ0v) is 18.5. The summed E-state index contributed by atoms with van der Waals surface area (Å²) < 4.78 is 13.1. The number of nitrogens with zero attached hydrogens (tertiary/aromatic N) is 2. The Balaban J connectivity index is 1.56. The second-order valence-corrected chi connectivity index (χ2v) is 8.46. The second kappa shape index (κ2) is 8.99. The Morgan fingerprint density at radius 2 is 2.00 bits per heavy atom. The summed E-state index contributed by atoms with van der Waals surface area (Å²) in [6.45, 7) is 0.156. The number of halogens is 1. The van der Waals surface area contributed by atoms with E-state index in [0.717, 1.165) is 21.3 Å². The number of aliphatic hydroxyl groups excluding tert-OH is 1. The van der Waals surface area contributed by atoms with Crippen LogP contribution in [0.15, 0.2) is 69.5 Å². The van der Waals surface area contributed by atoms with Crippen LogP contribution in [0.25, 0.3) is 21.3 Å². The Morgan fingerprint density at radius 1 is 1.20 bits per heavy atom. The van der Waals surface area contributed by atoms with Crippen molar-refractivity contribution in [2.24, 2.45) is 0 Å². The first kappa shape index (κ1) is 20.6. The average molecular weight is 487 g/mol. The summed E-state index contributed by atoms with van der Waals surface area (Å²) in [5.74, 6) is 1.39. The van der Waals surface area contributed by atoms with Crippen molar-refractivity contribution in [1.82, 2.24) is 9.55 Å². The molecule has 154 valence electrons.